The summed E-state index contributed by atoms with van der Waals surface area (Å²) in [5.74, 6) is 1.96. The number of nitrogens with zero attached hydrogens (tertiary/aromatic N) is 5. The number of aromatic nitrogens is 4. The van der Waals surface area contributed by atoms with Crippen LogP contribution in [0, 0.1) is 6.92 Å². The average Bonchev–Trinajstić information content (AvgIpc) is 3.34. The third-order valence-corrected chi connectivity index (χ3v) is 6.10. The molecule has 1 saturated heterocycles. The van der Waals surface area contributed by atoms with Gasteiger partial charge >= 0.3 is 0 Å². The molecule has 2 aromatic heterocycles. The van der Waals surface area contributed by atoms with Crippen LogP contribution in [0.15, 0.2) is 36.4 Å². The first-order chi connectivity index (χ1) is 12.1. The van der Waals surface area contributed by atoms with E-state index in [9.17, 15) is 4.79 Å². The maximum absolute atomic E-state index is 12.8. The van der Waals surface area contributed by atoms with Gasteiger partial charge in [0.1, 0.15) is 6.04 Å². The van der Waals surface area contributed by atoms with Crippen molar-refractivity contribution in [3.63, 3.8) is 0 Å². The molecule has 0 saturated carbocycles. The Labute approximate surface area is 157 Å². The van der Waals surface area contributed by atoms with E-state index in [1.807, 2.05) is 36.1 Å². The summed E-state index contributed by atoms with van der Waals surface area (Å²) in [5, 5.41) is 13.4. The summed E-state index contributed by atoms with van der Waals surface area (Å²) in [6.07, 6.45) is 0. The number of halogens is 1. The predicted molar refractivity (Wildman–Crippen MR) is 99.5 cm³/mol. The van der Waals surface area contributed by atoms with Crippen LogP contribution in [0.1, 0.15) is 26.4 Å². The first-order valence-corrected chi connectivity index (χ1v) is 9.98. The minimum absolute atomic E-state index is 0.0206. The van der Waals surface area contributed by atoms with Crippen LogP contribution in [0.4, 0.5) is 0 Å². The second-order valence-electron chi connectivity index (χ2n) is 5.62. The molecule has 25 heavy (non-hydrogen) atoms. The molecule has 6 nitrogen and oxygen atoms in total. The number of hydrogen-bond acceptors (Lipinski definition) is 6. The van der Waals surface area contributed by atoms with Crippen molar-refractivity contribution in [3.8, 4) is 5.69 Å². The van der Waals surface area contributed by atoms with Gasteiger partial charge in [-0.2, -0.15) is 0 Å². The van der Waals surface area contributed by atoms with Crippen molar-refractivity contribution in [1.82, 2.24) is 25.1 Å². The number of benzene rings is 1. The van der Waals surface area contributed by atoms with E-state index >= 15 is 0 Å². The Balaban J connectivity index is 1.60. The molecule has 4 rings (SSSR count). The lowest BCUT2D eigenvalue weighted by Gasteiger charge is -2.20. The smallest absolute Gasteiger partial charge is 0.265 e. The van der Waals surface area contributed by atoms with Crippen molar-refractivity contribution in [2.24, 2.45) is 0 Å². The second kappa shape index (κ2) is 6.78. The van der Waals surface area contributed by atoms with Crippen LogP contribution in [-0.4, -0.2) is 42.6 Å². The molecule has 1 unspecified atom stereocenters. The SMILES string of the molecule is Cc1ccc(C(=O)N2CSCC2c2nnn(-c3cccc(Cl)c3)n2)s1. The molecule has 0 N–H and O–H groups in total. The van der Waals surface area contributed by atoms with Crippen molar-refractivity contribution in [3.05, 3.63) is 57.0 Å². The molecule has 0 radical (unpaired) electrons. The first-order valence-electron chi connectivity index (χ1n) is 7.63. The number of aryl methyl sites for hydroxylation is 1. The average molecular weight is 392 g/mol. The lowest BCUT2D eigenvalue weighted by atomic mass is 10.2. The molecule has 0 spiro atoms. The molecule has 1 aliphatic heterocycles. The van der Waals surface area contributed by atoms with Gasteiger partial charge in [-0.3, -0.25) is 4.79 Å². The fourth-order valence-electron chi connectivity index (χ4n) is 2.62. The van der Waals surface area contributed by atoms with Gasteiger partial charge in [0, 0.05) is 15.7 Å². The molecular weight excluding hydrogens is 378 g/mol. The highest BCUT2D eigenvalue weighted by Gasteiger charge is 2.34. The Hall–Kier alpha value is -1.90. The third-order valence-electron chi connectivity index (χ3n) is 3.86. The normalized spacial score (nSPS) is 17.2. The minimum Gasteiger partial charge on any atom is -0.317 e. The van der Waals surface area contributed by atoms with Gasteiger partial charge in [0.2, 0.25) is 0 Å². The van der Waals surface area contributed by atoms with Gasteiger partial charge in [-0.05, 0) is 42.5 Å². The quantitative estimate of drug-likeness (QED) is 0.682. The predicted octanol–water partition coefficient (Wildman–Crippen LogP) is 3.57. The summed E-state index contributed by atoms with van der Waals surface area (Å²) in [6, 6.07) is 10.9. The van der Waals surface area contributed by atoms with Crippen molar-refractivity contribution in [2.45, 2.75) is 13.0 Å². The molecule has 0 bridgehead atoms. The number of hydrogen-bond donors (Lipinski definition) is 0. The van der Waals surface area contributed by atoms with Gasteiger partial charge in [0.05, 0.1) is 16.4 Å². The molecule has 1 aliphatic rings. The molecule has 3 heterocycles. The summed E-state index contributed by atoms with van der Waals surface area (Å²) in [6.45, 7) is 2.00. The van der Waals surface area contributed by atoms with Crippen LogP contribution in [0.5, 0.6) is 0 Å². The third kappa shape index (κ3) is 3.29. The summed E-state index contributed by atoms with van der Waals surface area (Å²) in [5.41, 5.74) is 0.739. The van der Waals surface area contributed by atoms with Gasteiger partial charge in [0.15, 0.2) is 5.82 Å². The fraction of sp³-hybridized carbons (Fsp3) is 0.250. The van der Waals surface area contributed by atoms with Gasteiger partial charge < -0.3 is 4.90 Å². The van der Waals surface area contributed by atoms with Gasteiger partial charge in [0.25, 0.3) is 5.91 Å². The molecule has 0 aliphatic carbocycles. The van der Waals surface area contributed by atoms with E-state index in [1.165, 1.54) is 16.1 Å². The number of tetrazole rings is 1. The Morgan fingerprint density at radius 1 is 1.32 bits per heavy atom. The molecule has 3 aromatic rings. The van der Waals surface area contributed by atoms with E-state index in [2.05, 4.69) is 15.4 Å². The number of thioether (sulfide) groups is 1. The molecule has 9 heteroatoms. The van der Waals surface area contributed by atoms with E-state index in [0.29, 0.717) is 16.7 Å². The zero-order valence-electron chi connectivity index (χ0n) is 13.3. The van der Waals surface area contributed by atoms with Crippen LogP contribution in [0.3, 0.4) is 0 Å². The standard InChI is InChI=1S/C16H14ClN5OS2/c1-10-5-6-14(25-10)16(23)21-9-24-8-13(21)15-18-20-22(19-15)12-4-2-3-11(17)7-12/h2-7,13H,8-9H2,1H3. The van der Waals surface area contributed by atoms with Crippen molar-refractivity contribution >= 4 is 40.6 Å². The van der Waals surface area contributed by atoms with Gasteiger partial charge in [-0.1, -0.05) is 17.7 Å². The second-order valence-corrected chi connectivity index (χ2v) is 8.34. The summed E-state index contributed by atoms with van der Waals surface area (Å²) in [4.78, 5) is 17.9. The largest absolute Gasteiger partial charge is 0.317 e. The fourth-order valence-corrected chi connectivity index (χ4v) is 4.78. The van der Waals surface area contributed by atoms with E-state index in [1.54, 1.807) is 23.9 Å². The zero-order valence-corrected chi connectivity index (χ0v) is 15.7. The van der Waals surface area contributed by atoms with Crippen LogP contribution in [-0.2, 0) is 0 Å². The molecule has 1 amide bonds. The Morgan fingerprint density at radius 3 is 2.96 bits per heavy atom. The van der Waals surface area contributed by atoms with E-state index in [0.717, 1.165) is 21.2 Å². The van der Waals surface area contributed by atoms with E-state index in [-0.39, 0.29) is 11.9 Å². The number of rotatable bonds is 3. The number of thiophene rings is 1. The number of carbonyl (C=O) groups excluding carboxylic acids is 1. The van der Waals surface area contributed by atoms with Crippen LogP contribution in [0.2, 0.25) is 5.02 Å². The molecule has 1 aromatic carbocycles. The highest BCUT2D eigenvalue weighted by molar-refractivity contribution is 7.99. The van der Waals surface area contributed by atoms with Crippen molar-refractivity contribution in [2.75, 3.05) is 11.6 Å². The lowest BCUT2D eigenvalue weighted by molar-refractivity contribution is 0.0746. The molecular formula is C16H14ClN5OS2. The maximum Gasteiger partial charge on any atom is 0.265 e. The van der Waals surface area contributed by atoms with Gasteiger partial charge in [-0.25, -0.2) is 0 Å². The van der Waals surface area contributed by atoms with Gasteiger partial charge in [-0.15, -0.1) is 38.1 Å². The number of carbonyl (C=O) groups is 1. The van der Waals surface area contributed by atoms with Crippen LogP contribution >= 0.6 is 34.7 Å². The first kappa shape index (κ1) is 16.6. The Kier molecular flexibility index (Phi) is 4.49. The van der Waals surface area contributed by atoms with Crippen molar-refractivity contribution in [1.29, 1.82) is 0 Å². The van der Waals surface area contributed by atoms with E-state index < -0.39 is 0 Å². The Morgan fingerprint density at radius 2 is 2.20 bits per heavy atom. The van der Waals surface area contributed by atoms with E-state index in [4.69, 9.17) is 11.6 Å². The molecule has 128 valence electrons. The topological polar surface area (TPSA) is 63.9 Å². The number of amides is 1. The maximum atomic E-state index is 12.8. The highest BCUT2D eigenvalue weighted by atomic mass is 35.5. The molecule has 1 fully saturated rings. The van der Waals surface area contributed by atoms with Crippen molar-refractivity contribution < 1.29 is 4.79 Å². The zero-order chi connectivity index (χ0) is 17.4. The lowest BCUT2D eigenvalue weighted by Crippen LogP contribution is -2.31. The Bertz CT molecular complexity index is 925. The summed E-state index contributed by atoms with van der Waals surface area (Å²) in [7, 11) is 0. The molecule has 1 atom stereocenters. The highest BCUT2D eigenvalue weighted by Crippen LogP contribution is 2.33. The summed E-state index contributed by atoms with van der Waals surface area (Å²) < 4.78 is 0. The summed E-state index contributed by atoms with van der Waals surface area (Å²) >= 11 is 9.22. The minimum atomic E-state index is -0.173. The van der Waals surface area contributed by atoms with Crippen LogP contribution in [0.25, 0.3) is 5.69 Å². The monoisotopic (exact) mass is 391 g/mol. The van der Waals surface area contributed by atoms with Crippen LogP contribution < -0.4 is 0 Å².